The van der Waals surface area contributed by atoms with Gasteiger partial charge >= 0.3 is 5.97 Å². The molecule has 4 rings (SSSR count). The lowest BCUT2D eigenvalue weighted by atomic mass is 9.96. The first kappa shape index (κ1) is 22.2. The van der Waals surface area contributed by atoms with Gasteiger partial charge in [-0.1, -0.05) is 48.5 Å². The molecular weight excluding hydrogens is 420 g/mol. The summed E-state index contributed by atoms with van der Waals surface area (Å²) >= 11 is 0. The molecule has 1 aliphatic rings. The second-order valence-electron chi connectivity index (χ2n) is 8.41. The van der Waals surface area contributed by atoms with Crippen LogP contribution in [0.15, 0.2) is 66.7 Å². The van der Waals surface area contributed by atoms with Gasteiger partial charge in [0.1, 0.15) is 5.54 Å². The van der Waals surface area contributed by atoms with E-state index in [1.165, 1.54) is 4.90 Å². The van der Waals surface area contributed by atoms with E-state index in [1.54, 1.807) is 50.2 Å². The zero-order valence-corrected chi connectivity index (χ0v) is 18.5. The minimum atomic E-state index is -1.15. The molecule has 0 aliphatic carbocycles. The van der Waals surface area contributed by atoms with Gasteiger partial charge in [0.25, 0.3) is 5.91 Å². The fourth-order valence-electron chi connectivity index (χ4n) is 3.90. The largest absolute Gasteiger partial charge is 0.456 e. The van der Waals surface area contributed by atoms with E-state index in [2.05, 4.69) is 5.32 Å². The van der Waals surface area contributed by atoms with Crippen molar-refractivity contribution < 1.29 is 23.9 Å². The van der Waals surface area contributed by atoms with Crippen molar-refractivity contribution >= 4 is 45.7 Å². The zero-order chi connectivity index (χ0) is 23.6. The van der Waals surface area contributed by atoms with E-state index >= 15 is 0 Å². The Hall–Kier alpha value is -4.00. The minimum absolute atomic E-state index is 0.0220. The lowest BCUT2D eigenvalue weighted by Crippen LogP contribution is -2.59. The van der Waals surface area contributed by atoms with Crippen molar-refractivity contribution in [1.82, 2.24) is 0 Å². The Morgan fingerprint density at radius 3 is 2.39 bits per heavy atom. The normalized spacial score (nSPS) is 14.4. The fraction of sp³-hybridized carbons (Fsp3) is 0.231. The fourth-order valence-corrected chi connectivity index (χ4v) is 3.90. The summed E-state index contributed by atoms with van der Waals surface area (Å²) in [6.45, 7) is 2.73. The van der Waals surface area contributed by atoms with Gasteiger partial charge in [-0.25, -0.2) is 0 Å². The molecule has 33 heavy (non-hydrogen) atoms. The molecule has 0 saturated carbocycles. The van der Waals surface area contributed by atoms with Gasteiger partial charge in [-0.05, 0) is 42.8 Å². The highest BCUT2D eigenvalue weighted by Gasteiger charge is 2.43. The molecule has 1 N–H and O–H groups in total. The number of benzene rings is 3. The molecule has 0 bridgehead atoms. The van der Waals surface area contributed by atoms with Crippen molar-refractivity contribution in [1.29, 1.82) is 0 Å². The number of nitrogens with one attached hydrogen (secondary N) is 1. The van der Waals surface area contributed by atoms with E-state index in [9.17, 15) is 19.2 Å². The summed E-state index contributed by atoms with van der Waals surface area (Å²) in [7, 11) is 0. The van der Waals surface area contributed by atoms with Gasteiger partial charge in [-0.2, -0.15) is 0 Å². The van der Waals surface area contributed by atoms with Crippen LogP contribution in [-0.4, -0.2) is 35.7 Å². The Morgan fingerprint density at radius 2 is 1.61 bits per heavy atom. The molecule has 1 aliphatic heterocycles. The molecule has 7 heteroatoms. The molecule has 0 atom stereocenters. The van der Waals surface area contributed by atoms with Gasteiger partial charge in [0.2, 0.25) is 5.91 Å². The lowest BCUT2D eigenvalue weighted by molar-refractivity contribution is -0.148. The number of amides is 2. The van der Waals surface area contributed by atoms with E-state index in [0.29, 0.717) is 16.9 Å². The van der Waals surface area contributed by atoms with Gasteiger partial charge in [-0.15, -0.1) is 0 Å². The average Bonchev–Trinajstić information content (AvgIpc) is 2.81. The van der Waals surface area contributed by atoms with Crippen LogP contribution in [0.4, 0.5) is 11.4 Å². The van der Waals surface area contributed by atoms with Gasteiger partial charge in [0.05, 0.1) is 17.8 Å². The number of Topliss-reactive ketones (excluding diaryl/α,β-unsaturated/α-hetero) is 1. The maximum Gasteiger partial charge on any atom is 0.306 e. The zero-order valence-electron chi connectivity index (χ0n) is 18.5. The number of esters is 1. The first-order valence-corrected chi connectivity index (χ1v) is 10.7. The van der Waals surface area contributed by atoms with Crippen molar-refractivity contribution in [2.45, 2.75) is 32.2 Å². The summed E-state index contributed by atoms with van der Waals surface area (Å²) in [6.07, 6.45) is -0.161. The summed E-state index contributed by atoms with van der Waals surface area (Å²) < 4.78 is 5.14. The quantitative estimate of drug-likeness (QED) is 0.456. The van der Waals surface area contributed by atoms with Crippen LogP contribution < -0.4 is 10.2 Å². The number of ketones is 1. The van der Waals surface area contributed by atoms with Crippen LogP contribution in [0.1, 0.15) is 37.0 Å². The molecule has 3 aromatic rings. The van der Waals surface area contributed by atoms with E-state index in [4.69, 9.17) is 4.74 Å². The third kappa shape index (κ3) is 4.48. The summed E-state index contributed by atoms with van der Waals surface area (Å²) in [4.78, 5) is 51.5. The summed E-state index contributed by atoms with van der Waals surface area (Å²) in [5.74, 6) is -1.67. The van der Waals surface area contributed by atoms with Crippen molar-refractivity contribution in [3.05, 3.63) is 72.3 Å². The predicted molar refractivity (Wildman–Crippen MR) is 125 cm³/mol. The average molecular weight is 444 g/mol. The molecule has 3 aromatic carbocycles. The lowest BCUT2D eigenvalue weighted by Gasteiger charge is -2.41. The van der Waals surface area contributed by atoms with Crippen molar-refractivity contribution in [2.24, 2.45) is 0 Å². The highest BCUT2D eigenvalue weighted by molar-refractivity contribution is 6.14. The number of carbonyl (C=O) groups is 4. The van der Waals surface area contributed by atoms with Crippen LogP contribution >= 0.6 is 0 Å². The molecule has 0 aromatic heterocycles. The number of rotatable bonds is 6. The molecule has 7 nitrogen and oxygen atoms in total. The standard InChI is InChI=1S/C26H24N2O5/c1-26(2)25(32)27-20-9-5-6-10-21(20)28(26)23(30)16-33-24(31)14-13-22(29)19-12-11-17-7-3-4-8-18(17)15-19/h3-12,15H,13-14,16H2,1-2H3,(H,27,32). The number of ether oxygens (including phenoxy) is 1. The number of nitrogens with zero attached hydrogens (tertiary/aromatic N) is 1. The first-order valence-electron chi connectivity index (χ1n) is 10.7. The number of carbonyl (C=O) groups excluding carboxylic acids is 4. The van der Waals surface area contributed by atoms with Gasteiger partial charge in [0, 0.05) is 12.0 Å². The van der Waals surface area contributed by atoms with Gasteiger partial charge in [0.15, 0.2) is 12.4 Å². The molecule has 0 fully saturated rings. The second kappa shape index (κ2) is 8.86. The summed E-state index contributed by atoms with van der Waals surface area (Å²) in [5.41, 5.74) is 0.427. The third-order valence-electron chi connectivity index (χ3n) is 5.74. The van der Waals surface area contributed by atoms with Crippen LogP contribution in [0.3, 0.4) is 0 Å². The first-order chi connectivity index (χ1) is 15.8. The third-order valence-corrected chi connectivity index (χ3v) is 5.74. The van der Waals surface area contributed by atoms with Crippen LogP contribution in [0.2, 0.25) is 0 Å². The molecule has 1 heterocycles. The Labute approximate surface area is 191 Å². The maximum absolute atomic E-state index is 12.9. The summed E-state index contributed by atoms with van der Waals surface area (Å²) in [5, 5.41) is 4.76. The van der Waals surface area contributed by atoms with Crippen LogP contribution in [0, 0.1) is 0 Å². The van der Waals surface area contributed by atoms with Crippen LogP contribution in [0.25, 0.3) is 10.8 Å². The van der Waals surface area contributed by atoms with E-state index in [-0.39, 0.29) is 24.5 Å². The topological polar surface area (TPSA) is 92.8 Å². The van der Waals surface area contributed by atoms with Crippen molar-refractivity contribution in [3.63, 3.8) is 0 Å². The monoisotopic (exact) mass is 444 g/mol. The maximum atomic E-state index is 12.9. The van der Waals surface area contributed by atoms with Crippen LogP contribution in [0.5, 0.6) is 0 Å². The van der Waals surface area contributed by atoms with Crippen molar-refractivity contribution in [3.8, 4) is 0 Å². The highest BCUT2D eigenvalue weighted by Crippen LogP contribution is 2.36. The van der Waals surface area contributed by atoms with Gasteiger partial charge in [-0.3, -0.25) is 24.1 Å². The molecule has 0 saturated heterocycles. The number of hydrogen-bond acceptors (Lipinski definition) is 5. The van der Waals surface area contributed by atoms with Crippen molar-refractivity contribution in [2.75, 3.05) is 16.8 Å². The summed E-state index contributed by atoms with van der Waals surface area (Å²) in [6, 6.07) is 20.1. The molecular formula is C26H24N2O5. The highest BCUT2D eigenvalue weighted by atomic mass is 16.5. The van der Waals surface area contributed by atoms with E-state index in [0.717, 1.165) is 10.8 Å². The molecule has 0 radical (unpaired) electrons. The molecule has 168 valence electrons. The Morgan fingerprint density at radius 1 is 0.909 bits per heavy atom. The number of anilines is 2. The SMILES string of the molecule is CC1(C)C(=O)Nc2ccccc2N1C(=O)COC(=O)CCC(=O)c1ccc2ccccc2c1. The number of fused-ring (bicyclic) bond motifs is 2. The number of hydrogen-bond donors (Lipinski definition) is 1. The minimum Gasteiger partial charge on any atom is -0.456 e. The Balaban J connectivity index is 1.36. The smallest absolute Gasteiger partial charge is 0.306 e. The van der Waals surface area contributed by atoms with Gasteiger partial charge < -0.3 is 10.1 Å². The molecule has 2 amide bonds. The molecule has 0 spiro atoms. The van der Waals surface area contributed by atoms with E-state index in [1.807, 2.05) is 30.3 Å². The molecule has 0 unspecified atom stereocenters. The Kier molecular flexibility index (Phi) is 5.96. The second-order valence-corrected chi connectivity index (χ2v) is 8.41. The number of para-hydroxylation sites is 2. The predicted octanol–water partition coefficient (Wildman–Crippen LogP) is 4.11. The van der Waals surface area contributed by atoms with E-state index < -0.39 is 24.0 Å². The van der Waals surface area contributed by atoms with Crippen LogP contribution in [-0.2, 0) is 19.1 Å². The Bertz CT molecular complexity index is 1260.